The Hall–Kier alpha value is -1.24. The van der Waals surface area contributed by atoms with Gasteiger partial charge in [-0.1, -0.05) is 0 Å². The van der Waals surface area contributed by atoms with Gasteiger partial charge in [-0.05, 0) is 0 Å². The minimum Gasteiger partial charge on any atom is -0.369 e. The average Bonchev–Trinajstić information content (AvgIpc) is 1.68. The summed E-state index contributed by atoms with van der Waals surface area (Å²) < 4.78 is 0. The van der Waals surface area contributed by atoms with Crippen molar-refractivity contribution in [2.45, 2.75) is 0 Å². The smallest absolute Gasteiger partial charge is 0.209 e. The van der Waals surface area contributed by atoms with Crippen LogP contribution < -0.4 is 11.1 Å². The molecule has 37 valence electrons. The summed E-state index contributed by atoms with van der Waals surface area (Å²) in [5.41, 5.74) is 4.94. The van der Waals surface area contributed by atoms with Crippen LogP contribution >= 0.6 is 0 Å². The Balaban J connectivity index is 3.56. The zero-order chi connectivity index (χ0) is 5.70. The van der Waals surface area contributed by atoms with Crippen LogP contribution in [0.4, 0.5) is 0 Å². The predicted molar refractivity (Wildman–Crippen MR) is 25.7 cm³/mol. The highest BCUT2D eigenvalue weighted by atomic mass is 15.1. The number of nitrogens with two attached hydrogens (primary N) is 1. The van der Waals surface area contributed by atoms with E-state index in [1.54, 1.807) is 0 Å². The molecular weight excluding hydrogens is 92.1 g/mol. The molecule has 0 aromatic carbocycles. The molecule has 0 spiro atoms. The first kappa shape index (κ1) is 5.76. The molecule has 0 rings (SSSR count). The molecule has 0 heterocycles. The van der Waals surface area contributed by atoms with E-state index < -0.39 is 0 Å². The summed E-state index contributed by atoms with van der Waals surface area (Å²) in [6.45, 7) is 0. The lowest BCUT2D eigenvalue weighted by atomic mass is 11.0. The van der Waals surface area contributed by atoms with Gasteiger partial charge in [-0.25, -0.2) is 0 Å². The SMILES string of the molecule is [CH2]N/C(N)=N\C#N. The van der Waals surface area contributed by atoms with Gasteiger partial charge in [0, 0.05) is 7.05 Å². The first-order valence-corrected chi connectivity index (χ1v) is 1.56. The van der Waals surface area contributed by atoms with Crippen LogP contribution in [0, 0.1) is 18.5 Å². The second-order valence-electron chi connectivity index (χ2n) is 0.774. The lowest BCUT2D eigenvalue weighted by Gasteiger charge is -1.87. The van der Waals surface area contributed by atoms with Crippen molar-refractivity contribution in [2.75, 3.05) is 0 Å². The number of hydrogen-bond acceptors (Lipinski definition) is 2. The Labute approximate surface area is 41.6 Å². The number of nitrogens with one attached hydrogen (secondary N) is 1. The van der Waals surface area contributed by atoms with E-state index in [9.17, 15) is 0 Å². The normalized spacial score (nSPS) is 10.0. The first-order valence-electron chi connectivity index (χ1n) is 1.56. The molecule has 0 saturated carbocycles. The van der Waals surface area contributed by atoms with Gasteiger partial charge in [-0.3, -0.25) is 0 Å². The molecule has 0 bridgehead atoms. The molecule has 1 radical (unpaired) electrons. The minimum atomic E-state index is 0.0301. The van der Waals surface area contributed by atoms with Crippen molar-refractivity contribution in [3.8, 4) is 6.19 Å². The Morgan fingerprint density at radius 2 is 2.57 bits per heavy atom. The number of nitriles is 1. The van der Waals surface area contributed by atoms with Crippen LogP contribution in [0.3, 0.4) is 0 Å². The molecular formula is C3H5N4. The summed E-state index contributed by atoms with van der Waals surface area (Å²) in [6.07, 6.45) is 1.48. The molecule has 0 aromatic heterocycles. The molecule has 7 heavy (non-hydrogen) atoms. The van der Waals surface area contributed by atoms with Gasteiger partial charge < -0.3 is 11.1 Å². The molecule has 0 amide bonds. The van der Waals surface area contributed by atoms with Crippen LogP contribution in [0.25, 0.3) is 0 Å². The summed E-state index contributed by atoms with van der Waals surface area (Å²) in [6, 6.07) is 0. The van der Waals surface area contributed by atoms with Gasteiger partial charge in [0.05, 0.1) is 0 Å². The van der Waals surface area contributed by atoms with Gasteiger partial charge in [0.2, 0.25) is 12.2 Å². The van der Waals surface area contributed by atoms with Crippen molar-refractivity contribution in [1.29, 1.82) is 5.26 Å². The van der Waals surface area contributed by atoms with Crippen molar-refractivity contribution in [3.63, 3.8) is 0 Å². The van der Waals surface area contributed by atoms with Crippen LogP contribution in [0.2, 0.25) is 0 Å². The summed E-state index contributed by atoms with van der Waals surface area (Å²) in [5.74, 6) is 0.0301. The predicted octanol–water partition coefficient (Wildman–Crippen LogP) is -0.837. The van der Waals surface area contributed by atoms with E-state index in [1.165, 1.54) is 6.19 Å². The largest absolute Gasteiger partial charge is 0.369 e. The molecule has 0 aliphatic heterocycles. The summed E-state index contributed by atoms with van der Waals surface area (Å²) in [7, 11) is 3.15. The summed E-state index contributed by atoms with van der Waals surface area (Å²) in [5, 5.41) is 10.0. The lowest BCUT2D eigenvalue weighted by Crippen LogP contribution is -2.25. The number of hydrogen-bond donors (Lipinski definition) is 2. The Morgan fingerprint density at radius 1 is 2.00 bits per heavy atom. The number of guanidine groups is 1. The maximum absolute atomic E-state index is 7.78. The third-order valence-corrected chi connectivity index (χ3v) is 0.352. The molecule has 0 aliphatic carbocycles. The van der Waals surface area contributed by atoms with Crippen molar-refractivity contribution < 1.29 is 0 Å². The zero-order valence-electron chi connectivity index (χ0n) is 3.68. The third-order valence-electron chi connectivity index (χ3n) is 0.352. The van der Waals surface area contributed by atoms with E-state index in [2.05, 4.69) is 17.4 Å². The quantitative estimate of drug-likeness (QED) is 0.235. The van der Waals surface area contributed by atoms with Crippen molar-refractivity contribution in [3.05, 3.63) is 7.05 Å². The van der Waals surface area contributed by atoms with E-state index >= 15 is 0 Å². The molecule has 3 N–H and O–H groups in total. The highest BCUT2D eigenvalue weighted by Gasteiger charge is 1.76. The fourth-order valence-corrected chi connectivity index (χ4v) is 0.0934. The van der Waals surface area contributed by atoms with Crippen molar-refractivity contribution >= 4 is 5.96 Å². The van der Waals surface area contributed by atoms with E-state index in [0.29, 0.717) is 0 Å². The van der Waals surface area contributed by atoms with Crippen LogP contribution in [0.1, 0.15) is 0 Å². The Morgan fingerprint density at radius 3 is 2.71 bits per heavy atom. The summed E-state index contributed by atoms with van der Waals surface area (Å²) >= 11 is 0. The Bertz CT molecular complexity index is 109. The van der Waals surface area contributed by atoms with Crippen molar-refractivity contribution in [1.82, 2.24) is 5.32 Å². The molecule has 0 atom stereocenters. The lowest BCUT2D eigenvalue weighted by molar-refractivity contribution is 1.21. The van der Waals surface area contributed by atoms with E-state index in [0.717, 1.165) is 0 Å². The number of nitrogens with zero attached hydrogens (tertiary/aromatic N) is 2. The molecule has 0 saturated heterocycles. The van der Waals surface area contributed by atoms with Gasteiger partial charge in [0.15, 0.2) is 0 Å². The van der Waals surface area contributed by atoms with Gasteiger partial charge >= 0.3 is 0 Å². The zero-order valence-corrected chi connectivity index (χ0v) is 3.68. The molecule has 0 aliphatic rings. The molecule has 0 fully saturated rings. The topological polar surface area (TPSA) is 74.2 Å². The maximum Gasteiger partial charge on any atom is 0.209 e. The fraction of sp³-hybridized carbons (Fsp3) is 0. The molecule has 0 unspecified atom stereocenters. The second-order valence-corrected chi connectivity index (χ2v) is 0.774. The van der Waals surface area contributed by atoms with E-state index in [-0.39, 0.29) is 5.96 Å². The molecule has 4 heteroatoms. The van der Waals surface area contributed by atoms with E-state index in [1.807, 2.05) is 0 Å². The van der Waals surface area contributed by atoms with Gasteiger partial charge in [-0.15, -0.1) is 4.99 Å². The summed E-state index contributed by atoms with van der Waals surface area (Å²) in [4.78, 5) is 3.07. The van der Waals surface area contributed by atoms with Gasteiger partial charge in [0.25, 0.3) is 0 Å². The van der Waals surface area contributed by atoms with Crippen LogP contribution in [0.5, 0.6) is 0 Å². The average molecular weight is 97.1 g/mol. The first-order chi connectivity index (χ1) is 3.31. The van der Waals surface area contributed by atoms with E-state index in [4.69, 9.17) is 11.0 Å². The second kappa shape index (κ2) is 2.97. The number of aliphatic imine (C=N–C) groups is 1. The highest BCUT2D eigenvalue weighted by molar-refractivity contribution is 5.78. The molecule has 0 aromatic rings. The fourth-order valence-electron chi connectivity index (χ4n) is 0.0934. The third kappa shape index (κ3) is 2.56. The van der Waals surface area contributed by atoms with Crippen LogP contribution in [-0.4, -0.2) is 5.96 Å². The highest BCUT2D eigenvalue weighted by Crippen LogP contribution is 1.55. The van der Waals surface area contributed by atoms with Crippen LogP contribution in [-0.2, 0) is 0 Å². The number of rotatable bonds is 0. The molecule has 4 nitrogen and oxygen atoms in total. The maximum atomic E-state index is 7.78. The Kier molecular flexibility index (Phi) is 2.44. The standard InChI is InChI=1S/C3H5N4/c1-6-3(5)7-2-4/h1H2,(H3,5,6,7). The van der Waals surface area contributed by atoms with Crippen LogP contribution in [0.15, 0.2) is 4.99 Å². The van der Waals surface area contributed by atoms with Gasteiger partial charge in [-0.2, -0.15) is 5.26 Å². The monoisotopic (exact) mass is 97.1 g/mol. The van der Waals surface area contributed by atoms with Crippen molar-refractivity contribution in [2.24, 2.45) is 10.7 Å². The van der Waals surface area contributed by atoms with Gasteiger partial charge in [0.1, 0.15) is 0 Å². The minimum absolute atomic E-state index is 0.0301.